The normalized spacial score (nSPS) is 20.7. The summed E-state index contributed by atoms with van der Waals surface area (Å²) in [5, 5.41) is 3.97. The third kappa shape index (κ3) is 4.24. The third-order valence-corrected chi connectivity index (χ3v) is 5.41. The maximum absolute atomic E-state index is 12.3. The van der Waals surface area contributed by atoms with Gasteiger partial charge in [0.15, 0.2) is 0 Å². The van der Waals surface area contributed by atoms with Gasteiger partial charge in [-0.15, -0.1) is 0 Å². The van der Waals surface area contributed by atoms with Crippen LogP contribution in [-0.2, 0) is 4.74 Å². The maximum atomic E-state index is 12.3. The summed E-state index contributed by atoms with van der Waals surface area (Å²) in [5.74, 6) is 0.727. The van der Waals surface area contributed by atoms with E-state index in [1.54, 1.807) is 13.8 Å². The lowest BCUT2D eigenvalue weighted by Gasteiger charge is -2.39. The molecule has 0 aliphatic carbocycles. The number of nitrogens with zero attached hydrogens (tertiary/aromatic N) is 3. The second-order valence-corrected chi connectivity index (χ2v) is 7.30. The lowest BCUT2D eigenvalue weighted by Crippen LogP contribution is -2.44. The molecule has 0 amide bonds. The van der Waals surface area contributed by atoms with E-state index < -0.39 is 5.97 Å². The molecule has 1 fully saturated rings. The Morgan fingerprint density at radius 1 is 1.33 bits per heavy atom. The minimum atomic E-state index is -0.400. The van der Waals surface area contributed by atoms with E-state index >= 15 is 0 Å². The molecule has 0 radical (unpaired) electrons. The number of aromatic nitrogens is 2. The molecule has 1 aliphatic heterocycles. The lowest BCUT2D eigenvalue weighted by atomic mass is 9.97. The molecule has 27 heavy (non-hydrogen) atoms. The second kappa shape index (κ2) is 8.69. The van der Waals surface area contributed by atoms with Crippen LogP contribution in [0.4, 0.5) is 5.82 Å². The molecule has 148 valence electrons. The van der Waals surface area contributed by atoms with Gasteiger partial charge in [0.2, 0.25) is 5.71 Å². The molecular weight excluding hydrogens is 344 g/mol. The highest BCUT2D eigenvalue weighted by Crippen LogP contribution is 2.29. The lowest BCUT2D eigenvalue weighted by molar-refractivity contribution is 0.0526. The van der Waals surface area contributed by atoms with Crippen molar-refractivity contribution in [1.82, 2.24) is 14.9 Å². The summed E-state index contributed by atoms with van der Waals surface area (Å²) >= 11 is 0. The number of hydrogen-bond acceptors (Lipinski definition) is 7. The number of carbonyl (C=O) groups excluding carboxylic acids is 1. The number of rotatable bonds is 7. The summed E-state index contributed by atoms with van der Waals surface area (Å²) in [4.78, 5) is 23.4. The third-order valence-electron chi connectivity index (χ3n) is 5.41. The average molecular weight is 374 g/mol. The number of fused-ring (bicyclic) bond motifs is 1. The van der Waals surface area contributed by atoms with Gasteiger partial charge < -0.3 is 14.5 Å². The van der Waals surface area contributed by atoms with Crippen LogP contribution in [0.1, 0.15) is 62.6 Å². The van der Waals surface area contributed by atoms with Crippen LogP contribution in [0.25, 0.3) is 11.1 Å². The number of anilines is 1. The fourth-order valence-corrected chi connectivity index (χ4v) is 4.01. The molecule has 2 aromatic heterocycles. The van der Waals surface area contributed by atoms with E-state index in [4.69, 9.17) is 9.15 Å². The van der Waals surface area contributed by atoms with Gasteiger partial charge in [-0.05, 0) is 47.0 Å². The van der Waals surface area contributed by atoms with Crippen molar-refractivity contribution in [3.05, 3.63) is 17.7 Å². The smallest absolute Gasteiger partial charge is 0.342 e. The summed E-state index contributed by atoms with van der Waals surface area (Å²) < 4.78 is 10.8. The number of likely N-dealkylation sites (tertiary alicyclic amines) is 1. The van der Waals surface area contributed by atoms with Gasteiger partial charge in [-0.1, -0.05) is 6.42 Å². The Balaban J connectivity index is 1.69. The SMILES string of the molecule is CCOC(=O)c1c(C)oc2ncnc(NCCCN3[C@H](C)CCC[C@H]3C)c12. The Bertz CT molecular complexity index is 779. The number of hydrogen-bond donors (Lipinski definition) is 1. The van der Waals surface area contributed by atoms with Crippen molar-refractivity contribution in [3.63, 3.8) is 0 Å². The van der Waals surface area contributed by atoms with Gasteiger partial charge in [0.25, 0.3) is 0 Å². The highest BCUT2D eigenvalue weighted by atomic mass is 16.5. The predicted octanol–water partition coefficient (Wildman–Crippen LogP) is 3.77. The molecule has 0 bridgehead atoms. The summed E-state index contributed by atoms with van der Waals surface area (Å²) in [5.41, 5.74) is 0.819. The van der Waals surface area contributed by atoms with E-state index in [2.05, 4.69) is 34.0 Å². The Morgan fingerprint density at radius 2 is 2.07 bits per heavy atom. The van der Waals surface area contributed by atoms with Crippen molar-refractivity contribution < 1.29 is 13.9 Å². The number of piperidine rings is 1. The monoisotopic (exact) mass is 374 g/mol. The summed E-state index contributed by atoms with van der Waals surface area (Å²) in [7, 11) is 0. The van der Waals surface area contributed by atoms with Crippen LogP contribution < -0.4 is 5.32 Å². The first-order chi connectivity index (χ1) is 13.0. The first-order valence-electron chi connectivity index (χ1n) is 9.93. The zero-order chi connectivity index (χ0) is 19.4. The van der Waals surface area contributed by atoms with Crippen LogP contribution in [0.15, 0.2) is 10.7 Å². The number of furan rings is 1. The molecule has 7 heteroatoms. The average Bonchev–Trinajstić information content (AvgIpc) is 2.97. The fraction of sp³-hybridized carbons (Fsp3) is 0.650. The number of nitrogens with one attached hydrogen (secondary N) is 1. The van der Waals surface area contributed by atoms with Gasteiger partial charge in [0.1, 0.15) is 23.5 Å². The Labute approximate surface area is 160 Å². The Kier molecular flexibility index (Phi) is 6.31. The first-order valence-corrected chi connectivity index (χ1v) is 9.93. The molecule has 2 atom stereocenters. The van der Waals surface area contributed by atoms with Crippen LogP contribution >= 0.6 is 0 Å². The molecular formula is C20H30N4O3. The Hall–Kier alpha value is -2.15. The van der Waals surface area contributed by atoms with Gasteiger partial charge in [-0.2, -0.15) is 0 Å². The fourth-order valence-electron chi connectivity index (χ4n) is 4.01. The molecule has 1 aliphatic rings. The van der Waals surface area contributed by atoms with Crippen LogP contribution in [-0.4, -0.2) is 52.6 Å². The highest BCUT2D eigenvalue weighted by molar-refractivity contribution is 6.07. The van der Waals surface area contributed by atoms with Crippen molar-refractivity contribution >= 4 is 22.9 Å². The summed E-state index contributed by atoms with van der Waals surface area (Å²) in [6, 6.07) is 1.29. The van der Waals surface area contributed by atoms with Crippen LogP contribution in [0.3, 0.4) is 0 Å². The van der Waals surface area contributed by atoms with E-state index in [-0.39, 0.29) is 0 Å². The van der Waals surface area contributed by atoms with E-state index in [1.807, 2.05) is 0 Å². The topological polar surface area (TPSA) is 80.5 Å². The van der Waals surface area contributed by atoms with Crippen LogP contribution in [0.5, 0.6) is 0 Å². The molecule has 2 aromatic rings. The van der Waals surface area contributed by atoms with Crippen molar-refractivity contribution in [3.8, 4) is 0 Å². The number of esters is 1. The van der Waals surface area contributed by atoms with Crippen molar-refractivity contribution in [2.75, 3.05) is 25.0 Å². The largest absolute Gasteiger partial charge is 0.462 e. The molecule has 1 N–H and O–H groups in total. The van der Waals surface area contributed by atoms with E-state index in [0.717, 1.165) is 19.5 Å². The predicted molar refractivity (Wildman–Crippen MR) is 105 cm³/mol. The first kappa shape index (κ1) is 19.6. The second-order valence-electron chi connectivity index (χ2n) is 7.30. The van der Waals surface area contributed by atoms with Gasteiger partial charge in [0.05, 0.1) is 12.0 Å². The van der Waals surface area contributed by atoms with Gasteiger partial charge in [0, 0.05) is 25.2 Å². The van der Waals surface area contributed by atoms with Gasteiger partial charge >= 0.3 is 5.97 Å². The summed E-state index contributed by atoms with van der Waals surface area (Å²) in [6.45, 7) is 10.3. The number of ether oxygens (including phenoxy) is 1. The molecule has 0 saturated carbocycles. The van der Waals surface area contributed by atoms with E-state index in [0.29, 0.717) is 46.9 Å². The Morgan fingerprint density at radius 3 is 2.78 bits per heavy atom. The maximum Gasteiger partial charge on any atom is 0.342 e. The molecule has 7 nitrogen and oxygen atoms in total. The van der Waals surface area contributed by atoms with Crippen LogP contribution in [0, 0.1) is 6.92 Å². The molecule has 3 rings (SSSR count). The molecule has 1 saturated heterocycles. The minimum Gasteiger partial charge on any atom is -0.462 e. The van der Waals surface area contributed by atoms with E-state index in [9.17, 15) is 4.79 Å². The van der Waals surface area contributed by atoms with Crippen molar-refractivity contribution in [1.29, 1.82) is 0 Å². The molecule has 0 spiro atoms. The van der Waals surface area contributed by atoms with Gasteiger partial charge in [-0.3, -0.25) is 4.90 Å². The zero-order valence-electron chi connectivity index (χ0n) is 16.7. The molecule has 3 heterocycles. The van der Waals surface area contributed by atoms with E-state index in [1.165, 1.54) is 25.6 Å². The van der Waals surface area contributed by atoms with Gasteiger partial charge in [-0.25, -0.2) is 14.8 Å². The minimum absolute atomic E-state index is 0.313. The van der Waals surface area contributed by atoms with Crippen molar-refractivity contribution in [2.45, 2.75) is 65.5 Å². The quantitative estimate of drug-likeness (QED) is 0.583. The molecule has 0 aromatic carbocycles. The summed E-state index contributed by atoms with van der Waals surface area (Å²) in [6.07, 6.45) is 6.35. The highest BCUT2D eigenvalue weighted by Gasteiger charge is 2.25. The standard InChI is InChI=1S/C20H30N4O3/c1-5-26-20(25)16-15(4)27-19-17(16)18(22-12-23-19)21-10-7-11-24-13(2)8-6-9-14(24)3/h12-14H,5-11H2,1-4H3,(H,21,22,23)/t13-,14-/m1/s1. The number of aryl methyl sites for hydroxylation is 1. The van der Waals surface area contributed by atoms with Crippen molar-refractivity contribution in [2.24, 2.45) is 0 Å². The molecule has 0 unspecified atom stereocenters. The van der Waals surface area contributed by atoms with Crippen LogP contribution in [0.2, 0.25) is 0 Å². The number of carbonyl (C=O) groups is 1. The zero-order valence-corrected chi connectivity index (χ0v) is 16.7.